The fraction of sp³-hybridized carbons (Fsp3) is 0.0566. The molecule has 0 saturated carbocycles. The SMILES string of the molecule is CC1(C)c2cc(-c3ccc4c(c3)-c3ccc(-n5c(=O)n(-c6ccc7c(c6)C6(c8ccccc8-c8ccccc86)c6ccccc6-7)c(=O)c6ccccc65)cc3C43c4ccccc4-c4ccccc43)ccc2-c2ccc(-n3c(=O)c4ccccc4n(-c4ccc5c(c4)C4(c6ccccc6-c6ccccc64)c4ccccc4-5)c3=O)cc21. The molecule has 532 valence electrons. The van der Waals surface area contributed by atoms with Crippen LogP contribution in [-0.4, -0.2) is 18.3 Å². The van der Waals surface area contributed by atoms with E-state index in [0.29, 0.717) is 44.6 Å². The van der Waals surface area contributed by atoms with Crippen molar-refractivity contribution in [2.24, 2.45) is 0 Å². The van der Waals surface area contributed by atoms with E-state index in [0.717, 1.165) is 111 Å². The fourth-order valence-electron chi connectivity index (χ4n) is 22.4. The predicted molar refractivity (Wildman–Crippen MR) is 456 cm³/mol. The van der Waals surface area contributed by atoms with Gasteiger partial charge in [0.1, 0.15) is 0 Å². The Morgan fingerprint density at radius 3 is 0.781 bits per heavy atom. The third kappa shape index (κ3) is 7.59. The highest BCUT2D eigenvalue weighted by atomic mass is 16.2. The lowest BCUT2D eigenvalue weighted by molar-refractivity contribution is 0.659. The molecule has 8 nitrogen and oxygen atoms in total. The van der Waals surface area contributed by atoms with Gasteiger partial charge < -0.3 is 0 Å². The fourth-order valence-corrected chi connectivity index (χ4v) is 22.4. The van der Waals surface area contributed by atoms with Gasteiger partial charge in [-0.05, 0) is 252 Å². The van der Waals surface area contributed by atoms with Crippen LogP contribution in [0.1, 0.15) is 91.7 Å². The van der Waals surface area contributed by atoms with Crippen molar-refractivity contribution >= 4 is 21.8 Å². The second-order valence-corrected chi connectivity index (χ2v) is 32.2. The maximum Gasteiger partial charge on any atom is 0.340 e. The van der Waals surface area contributed by atoms with Crippen LogP contribution in [0, 0.1) is 0 Å². The molecule has 2 heterocycles. The molecule has 114 heavy (non-hydrogen) atoms. The molecule has 0 fully saturated rings. The summed E-state index contributed by atoms with van der Waals surface area (Å²) >= 11 is 0. The number of nitrogens with zero attached hydrogens (tertiary/aromatic N) is 4. The average molecular weight is 1460 g/mol. The molecule has 0 aliphatic heterocycles. The first-order valence-corrected chi connectivity index (χ1v) is 39.2. The van der Waals surface area contributed by atoms with Crippen molar-refractivity contribution in [3.05, 3.63) is 471 Å². The highest BCUT2D eigenvalue weighted by molar-refractivity contribution is 6.01. The van der Waals surface area contributed by atoms with E-state index < -0.39 is 33.0 Å². The van der Waals surface area contributed by atoms with Crippen molar-refractivity contribution in [1.82, 2.24) is 18.3 Å². The number of aromatic nitrogens is 4. The van der Waals surface area contributed by atoms with Crippen LogP contribution >= 0.6 is 0 Å². The van der Waals surface area contributed by atoms with Crippen LogP contribution in [0.5, 0.6) is 0 Å². The van der Waals surface area contributed by atoms with Gasteiger partial charge in [0.05, 0.1) is 60.8 Å². The van der Waals surface area contributed by atoms with Crippen LogP contribution in [0.15, 0.2) is 371 Å². The monoisotopic (exact) mass is 1460 g/mol. The molecule has 0 bridgehead atoms. The Labute approximate surface area is 654 Å². The molecular weight excluding hydrogens is 1390 g/mol. The van der Waals surface area contributed by atoms with Crippen LogP contribution in [0.4, 0.5) is 0 Å². The molecule has 0 radical (unpaired) electrons. The van der Waals surface area contributed by atoms with E-state index in [9.17, 15) is 0 Å². The van der Waals surface area contributed by atoms with Gasteiger partial charge >= 0.3 is 11.4 Å². The molecule has 0 unspecified atom stereocenters. The first-order valence-electron chi connectivity index (χ1n) is 39.2. The van der Waals surface area contributed by atoms with Gasteiger partial charge in [0.15, 0.2) is 0 Å². The first-order chi connectivity index (χ1) is 56.0. The summed E-state index contributed by atoms with van der Waals surface area (Å²) in [4.78, 5) is 63.0. The standard InChI is InChI=1S/C106H64N4O4/c1-103(2)92-56-62(43-49-75(92)76-50-47-65(57-93(76)103)109-99(111)80-31-11-21-41-97(80)107(101(109)113)63-45-51-77-73-29-9-19-39-89(73)104(94(77)58-63)83-33-13-3-23-67(83)68-24-4-14-34-84(68)104)61-44-54-91-82(55-61)79-53-46-64(59-96(79)106(91)87-37-17-7-27-71(87)72-28-8-18-38-88(72)106)108-98-42-22-12-32-81(98)100(112)110(102(108)114)66-48-52-78-74-30-10-20-40-90(74)105(95(78)60-66)85-35-15-5-25-69(85)70-26-6-16-36-86(70)105/h3-60H,1-2H3. The Bertz CT molecular complexity index is 7620. The Kier molecular flexibility index (Phi) is 12.3. The van der Waals surface area contributed by atoms with Gasteiger partial charge in [-0.15, -0.1) is 0 Å². The summed E-state index contributed by atoms with van der Waals surface area (Å²) in [6, 6.07) is 124. The van der Waals surface area contributed by atoms with Crippen LogP contribution < -0.4 is 22.5 Å². The summed E-state index contributed by atoms with van der Waals surface area (Å²) in [5.41, 5.74) is 32.8. The van der Waals surface area contributed by atoms with Crippen molar-refractivity contribution in [3.63, 3.8) is 0 Å². The minimum absolute atomic E-state index is 0.380. The predicted octanol–water partition coefficient (Wildman–Crippen LogP) is 21.6. The van der Waals surface area contributed by atoms with Gasteiger partial charge in [0, 0.05) is 5.41 Å². The smallest absolute Gasteiger partial charge is 0.268 e. The molecule has 0 N–H and O–H groups in total. The zero-order chi connectivity index (χ0) is 75.6. The highest BCUT2D eigenvalue weighted by Gasteiger charge is 2.55. The number of hydrogen-bond acceptors (Lipinski definition) is 4. The van der Waals surface area contributed by atoms with Crippen LogP contribution in [-0.2, 0) is 21.7 Å². The van der Waals surface area contributed by atoms with E-state index in [-0.39, 0.29) is 11.1 Å². The van der Waals surface area contributed by atoms with E-state index >= 15 is 19.2 Å². The maximum atomic E-state index is 16.3. The van der Waals surface area contributed by atoms with Crippen molar-refractivity contribution in [1.29, 1.82) is 0 Å². The van der Waals surface area contributed by atoms with E-state index in [2.05, 4.69) is 299 Å². The van der Waals surface area contributed by atoms with Gasteiger partial charge in [0.2, 0.25) is 0 Å². The molecule has 16 aromatic carbocycles. The first kappa shape index (κ1) is 63.2. The summed E-state index contributed by atoms with van der Waals surface area (Å²) in [7, 11) is 0. The number of fused-ring (bicyclic) bond motifs is 35. The van der Waals surface area contributed by atoms with E-state index in [1.165, 1.54) is 64.8 Å². The minimum Gasteiger partial charge on any atom is -0.268 e. The lowest BCUT2D eigenvalue weighted by Gasteiger charge is -2.31. The number of rotatable bonds is 5. The van der Waals surface area contributed by atoms with E-state index in [1.54, 1.807) is 9.13 Å². The Balaban J connectivity index is 0.616. The summed E-state index contributed by atoms with van der Waals surface area (Å²) < 4.78 is 6.26. The maximum absolute atomic E-state index is 16.3. The molecule has 0 amide bonds. The summed E-state index contributed by atoms with van der Waals surface area (Å²) in [5.74, 6) is 0. The van der Waals surface area contributed by atoms with Gasteiger partial charge in [-0.2, -0.15) is 0 Å². The van der Waals surface area contributed by atoms with Crippen molar-refractivity contribution in [3.8, 4) is 112 Å². The second kappa shape index (κ2) is 22.1. The summed E-state index contributed by atoms with van der Waals surface area (Å²) in [6.07, 6.45) is 0. The zero-order valence-electron chi connectivity index (χ0n) is 61.9. The Morgan fingerprint density at radius 2 is 0.430 bits per heavy atom. The normalized spacial score (nSPS) is 14.8. The van der Waals surface area contributed by atoms with Gasteiger partial charge in [-0.1, -0.05) is 281 Å². The molecule has 3 spiro atoms. The molecule has 7 aliphatic carbocycles. The molecule has 7 aliphatic rings. The highest BCUT2D eigenvalue weighted by Crippen LogP contribution is 2.67. The largest absolute Gasteiger partial charge is 0.340 e. The molecule has 8 heteroatoms. The number of para-hydroxylation sites is 2. The third-order valence-electron chi connectivity index (χ3n) is 27.0. The van der Waals surface area contributed by atoms with Crippen molar-refractivity contribution < 1.29 is 0 Å². The molecule has 0 atom stereocenters. The Morgan fingerprint density at radius 1 is 0.193 bits per heavy atom. The second-order valence-electron chi connectivity index (χ2n) is 32.2. The molecule has 2 aromatic heterocycles. The molecule has 0 saturated heterocycles. The molecule has 25 rings (SSSR count). The summed E-state index contributed by atoms with van der Waals surface area (Å²) in [6.45, 7) is 4.49. The third-order valence-corrected chi connectivity index (χ3v) is 27.0. The number of benzene rings is 16. The van der Waals surface area contributed by atoms with Crippen molar-refractivity contribution in [2.45, 2.75) is 35.5 Å². The van der Waals surface area contributed by atoms with Gasteiger partial charge in [-0.25, -0.2) is 18.7 Å². The Hall–Kier alpha value is -14.6. The van der Waals surface area contributed by atoms with Crippen LogP contribution in [0.25, 0.3) is 134 Å². The topological polar surface area (TPSA) is 88.0 Å². The lowest BCUT2D eigenvalue weighted by atomic mass is 9.70. The molecular formula is C106H64N4O4. The lowest BCUT2D eigenvalue weighted by Crippen LogP contribution is -2.38. The van der Waals surface area contributed by atoms with Crippen LogP contribution in [0.3, 0.4) is 0 Å². The van der Waals surface area contributed by atoms with Gasteiger partial charge in [0.25, 0.3) is 11.1 Å². The molecule has 18 aromatic rings. The zero-order valence-corrected chi connectivity index (χ0v) is 61.9. The minimum atomic E-state index is -0.793. The van der Waals surface area contributed by atoms with E-state index in [1.807, 2.05) is 66.7 Å². The summed E-state index contributed by atoms with van der Waals surface area (Å²) in [5, 5.41) is 0.860. The number of hydrogen-bond donors (Lipinski definition) is 0. The average Bonchev–Trinajstić information content (AvgIpc) is 1.52. The quantitative estimate of drug-likeness (QED) is 0.172. The van der Waals surface area contributed by atoms with Crippen LogP contribution in [0.2, 0.25) is 0 Å². The van der Waals surface area contributed by atoms with E-state index in [4.69, 9.17) is 0 Å². The van der Waals surface area contributed by atoms with Crippen molar-refractivity contribution in [2.75, 3.05) is 0 Å². The van der Waals surface area contributed by atoms with Gasteiger partial charge in [-0.3, -0.25) is 18.7 Å².